The van der Waals surface area contributed by atoms with Crippen LogP contribution in [0.5, 0.6) is 0 Å². The Morgan fingerprint density at radius 2 is 1.13 bits per heavy atom. The molecule has 26 N–H and O–H groups in total. The first-order chi connectivity index (χ1) is 59.8. The summed E-state index contributed by atoms with van der Waals surface area (Å²) in [5, 5.41) is 64.4. The molecule has 688 valence electrons. The predicted octanol–water partition coefficient (Wildman–Crippen LogP) is -0.821. The van der Waals surface area contributed by atoms with Gasteiger partial charge in [-0.15, -0.1) is 0 Å². The fourth-order valence-electron chi connectivity index (χ4n) is 14.1. The number of fused-ring (bicyclic) bond motifs is 1. The Kier molecular flexibility index (Phi) is 39.2. The van der Waals surface area contributed by atoms with E-state index in [4.69, 9.17) is 38.8 Å². The van der Waals surface area contributed by atoms with Crippen molar-refractivity contribution < 1.29 is 76.2 Å². The molecule has 0 bridgehead atoms. The van der Waals surface area contributed by atoms with Gasteiger partial charge in [-0.05, 0) is 188 Å². The second kappa shape index (κ2) is 48.7. The van der Waals surface area contributed by atoms with E-state index in [1.807, 2.05) is 32.2 Å². The Hall–Kier alpha value is -11.7. The number of nitrogens with one attached hydrogen (secondary N) is 12. The van der Waals surface area contributed by atoms with E-state index >= 15 is 9.59 Å². The number of rotatable bonds is 37. The highest BCUT2D eigenvalue weighted by molar-refractivity contribution is 7.89. The first-order valence-corrected chi connectivity index (χ1v) is 43.9. The van der Waals surface area contributed by atoms with Gasteiger partial charge in [0.25, 0.3) is 0 Å². The summed E-state index contributed by atoms with van der Waals surface area (Å²) in [7, 11) is -0.632. The highest BCUT2D eigenvalue weighted by Crippen LogP contribution is 2.32. The molecular formula is C85H126N24O16S. The van der Waals surface area contributed by atoms with E-state index in [0.29, 0.717) is 46.0 Å². The van der Waals surface area contributed by atoms with Crippen molar-refractivity contribution in [3.8, 4) is 11.1 Å². The molecule has 3 heterocycles. The van der Waals surface area contributed by atoms with Gasteiger partial charge in [0.1, 0.15) is 66.2 Å². The molecular weight excluding hydrogens is 1650 g/mol. The van der Waals surface area contributed by atoms with Crippen molar-refractivity contribution in [3.63, 3.8) is 0 Å². The summed E-state index contributed by atoms with van der Waals surface area (Å²) >= 11 is 0. The molecule has 0 aliphatic carbocycles. The number of aryl methyl sites for hydroxylation is 3. The van der Waals surface area contributed by atoms with Crippen LogP contribution in [0.4, 0.5) is 27.9 Å². The Balaban J connectivity index is 1.18. The summed E-state index contributed by atoms with van der Waals surface area (Å²) < 4.78 is 27.5. The molecule has 6 aromatic rings. The number of anilines is 4. The number of nitrogens with zero attached hydrogens (tertiary/aromatic N) is 6. The van der Waals surface area contributed by atoms with Crippen molar-refractivity contribution in [1.82, 2.24) is 83.5 Å². The number of urea groups is 1. The smallest absolute Gasteiger partial charge is 0.329 e. The minimum Gasteiger partial charge on any atom is -0.391 e. The number of amides is 13. The first kappa shape index (κ1) is 101. The number of aliphatic hydroxyl groups excluding tert-OH is 2. The summed E-state index contributed by atoms with van der Waals surface area (Å²) in [4.78, 5) is 185. The average Bonchev–Trinajstić information content (AvgIpc) is 1.57. The Labute approximate surface area is 733 Å². The summed E-state index contributed by atoms with van der Waals surface area (Å²) in [6.07, 6.45) is -0.392. The second-order valence-corrected chi connectivity index (χ2v) is 33.9. The molecule has 1 saturated heterocycles. The number of carbonyl (C=O) groups excluding carboxylic acids is 12. The van der Waals surface area contributed by atoms with Crippen LogP contribution in [0.2, 0.25) is 0 Å². The lowest BCUT2D eigenvalue weighted by Crippen LogP contribution is -2.62. The minimum atomic E-state index is -4.27. The van der Waals surface area contributed by atoms with Crippen LogP contribution < -0.4 is 107 Å². The highest BCUT2D eigenvalue weighted by Gasteiger charge is 2.39. The second-order valence-electron chi connectivity index (χ2n) is 32.4. The van der Waals surface area contributed by atoms with Crippen LogP contribution in [0.25, 0.3) is 22.0 Å². The maximum absolute atomic E-state index is 15.1. The molecule has 1 unspecified atom stereocenters. The average molecular weight is 1770 g/mol. The summed E-state index contributed by atoms with van der Waals surface area (Å²) in [5.41, 5.74) is 35.2. The minimum absolute atomic E-state index is 0.0399. The Morgan fingerprint density at radius 1 is 0.587 bits per heavy atom. The van der Waals surface area contributed by atoms with Crippen molar-refractivity contribution in [3.05, 3.63) is 120 Å². The molecule has 4 aromatic carbocycles. The van der Waals surface area contributed by atoms with Crippen molar-refractivity contribution in [2.75, 3.05) is 56.1 Å². The zero-order valence-electron chi connectivity index (χ0n) is 73.1. The first-order valence-electron chi connectivity index (χ1n) is 42.4. The van der Waals surface area contributed by atoms with Gasteiger partial charge in [-0.1, -0.05) is 102 Å². The standard InChI is InChI=1S/C85H126N24O16S/c1-47(2)14-12-11-13-15-71(112)95-60(28-35-86)78(117)105-73(52(8)111)83(122)100-63(31-38-89)75(114)99-65-33-40-92-82(121)72(51(7)110)104-79(118)64(32-39-90)97-74(113)61(29-36-87)98-80(119)67(42-48(3)4)101-81(120)68(102-76(115)62(30-37-88)96-77(65)116)43-53-17-21-55(22-18-53)56-23-19-54(20-24-56)46-94-85(123)109(58-25-16-49(5)69(45-58)126(91,124)125)84-93-41-34-70(103-84)107(9)57-26-27-59-50(6)108(10)106-66(59)44-57/h16-27,34,41,44-45,47-48,51-52,60-65,67-68,72-73,110-111H,11-15,28-33,35-40,42-43,46,86-90H2,1-10H3,(H,92,121)(H,94,123)(H,95,112)(H,96,116)(H,97,113)(H,98,119)(H,99,114)(H,100,122)(H,101,120)(H,102,115)(H,104,118)(H,105,117)(H2,91,124,125)/t51-,52-,60-,61+,62?,63+,64+,65+,67+,68-,72+,73+/m1/s1. The van der Waals surface area contributed by atoms with Gasteiger partial charge in [-0.3, -0.25) is 57.4 Å². The fraction of sp³-hybridized carbons (Fsp3) is 0.518. The Morgan fingerprint density at radius 3 is 1.70 bits per heavy atom. The topological polar surface area (TPSA) is 630 Å². The zero-order valence-corrected chi connectivity index (χ0v) is 73.9. The molecule has 2 aromatic heterocycles. The van der Waals surface area contributed by atoms with Gasteiger partial charge >= 0.3 is 6.03 Å². The molecule has 41 heteroatoms. The summed E-state index contributed by atoms with van der Waals surface area (Å²) in [6.45, 7) is 12.1. The monoisotopic (exact) mass is 1770 g/mol. The summed E-state index contributed by atoms with van der Waals surface area (Å²) in [6, 6.07) is 9.36. The number of nitrogens with two attached hydrogens (primary N) is 6. The number of aliphatic hydroxyl groups is 2. The number of primary sulfonamides is 1. The van der Waals surface area contributed by atoms with E-state index in [2.05, 4.69) is 87.7 Å². The quantitative estimate of drug-likeness (QED) is 0.0212. The Bertz CT molecular complexity index is 4860. The third-order valence-corrected chi connectivity index (χ3v) is 22.4. The van der Waals surface area contributed by atoms with Crippen LogP contribution in [0.1, 0.15) is 141 Å². The maximum atomic E-state index is 15.1. The summed E-state index contributed by atoms with van der Waals surface area (Å²) in [5.74, 6) is -9.83. The van der Waals surface area contributed by atoms with Crippen LogP contribution in [0.3, 0.4) is 0 Å². The number of unbranched alkanes of at least 4 members (excludes halogenated alkanes) is 2. The third kappa shape index (κ3) is 29.7. The van der Waals surface area contributed by atoms with Crippen LogP contribution in [-0.2, 0) is 82.8 Å². The van der Waals surface area contributed by atoms with Crippen LogP contribution >= 0.6 is 0 Å². The number of hydrogen-bond acceptors (Lipinski definition) is 25. The molecule has 1 aliphatic rings. The number of hydrogen-bond donors (Lipinski definition) is 20. The van der Waals surface area contributed by atoms with Crippen molar-refractivity contribution >= 4 is 115 Å². The lowest BCUT2D eigenvalue weighted by Gasteiger charge is -2.29. The number of carbonyl (C=O) groups is 12. The van der Waals surface area contributed by atoms with Crippen LogP contribution in [0, 0.1) is 25.7 Å². The molecule has 1 fully saturated rings. The highest BCUT2D eigenvalue weighted by atomic mass is 32.2. The van der Waals surface area contributed by atoms with Crippen molar-refractivity contribution in [1.29, 1.82) is 0 Å². The number of aromatic nitrogens is 4. The normalized spacial score (nSPS) is 19.1. The van der Waals surface area contributed by atoms with Gasteiger partial charge in [0.2, 0.25) is 81.0 Å². The van der Waals surface area contributed by atoms with Gasteiger partial charge in [0.05, 0.1) is 28.3 Å². The maximum Gasteiger partial charge on any atom is 0.329 e. The van der Waals surface area contributed by atoms with Gasteiger partial charge in [0.15, 0.2) is 0 Å². The van der Waals surface area contributed by atoms with E-state index in [1.54, 1.807) is 98.1 Å². The van der Waals surface area contributed by atoms with Gasteiger partial charge < -0.3 is 108 Å². The van der Waals surface area contributed by atoms with Gasteiger partial charge in [-0.25, -0.2) is 28.2 Å². The zero-order chi connectivity index (χ0) is 92.8. The number of sulfonamides is 1. The molecule has 0 spiro atoms. The molecule has 0 saturated carbocycles. The molecule has 0 radical (unpaired) electrons. The van der Waals surface area contributed by atoms with E-state index < -0.39 is 167 Å². The third-order valence-electron chi connectivity index (χ3n) is 21.3. The van der Waals surface area contributed by atoms with Gasteiger partial charge in [-0.2, -0.15) is 10.1 Å². The molecule has 13 amide bonds. The largest absolute Gasteiger partial charge is 0.391 e. The number of benzene rings is 4. The van der Waals surface area contributed by atoms with E-state index in [9.17, 15) is 66.6 Å². The lowest BCUT2D eigenvalue weighted by atomic mass is 9.98. The van der Waals surface area contributed by atoms with E-state index in [-0.39, 0.29) is 113 Å². The molecule has 126 heavy (non-hydrogen) atoms. The van der Waals surface area contributed by atoms with Crippen molar-refractivity contribution in [2.45, 2.75) is 223 Å². The molecule has 1 aliphatic heterocycles. The van der Waals surface area contributed by atoms with Crippen LogP contribution in [-0.4, -0.2) is 228 Å². The predicted molar refractivity (Wildman–Crippen MR) is 474 cm³/mol. The van der Waals surface area contributed by atoms with Gasteiger partial charge in [0, 0.05) is 63.0 Å². The van der Waals surface area contributed by atoms with Crippen molar-refractivity contribution in [2.24, 2.45) is 52.7 Å². The SMILES string of the molecule is Cc1ccc(N(C(=O)NCc2ccc(-c3ccc(C[C@H]4NC(=O)C(CCN)NC(=O)[C@@H](NC(=O)[C@H](CCN)NC(=O)[C@@H](NC(=O)[C@@H](CCN)NC(=O)CCCCCC(C)C)[C@@H](C)O)CCNC(=O)[C@H]([C@@H](C)O)NC(=O)[C@H](CCN)NC(=O)[C@H](CCN)NC(=O)[C@H](CC(C)C)NC4=O)cc3)cc2)c2nccc(N(C)c3ccc4c(C)n(C)nc4c3)n2)cc1S(N)(=O)=O. The molecule has 40 nitrogen and oxygen atoms in total. The van der Waals surface area contributed by atoms with E-state index in [0.717, 1.165) is 46.4 Å². The lowest BCUT2D eigenvalue weighted by molar-refractivity contribution is -0.137. The fourth-order valence-corrected chi connectivity index (χ4v) is 14.9. The molecule has 7 rings (SSSR count). The van der Waals surface area contributed by atoms with Crippen LogP contribution in [0.15, 0.2) is 102 Å². The molecule has 12 atom stereocenters. The van der Waals surface area contributed by atoms with E-state index in [1.165, 1.54) is 32.2 Å².